The molecule has 19 heavy (non-hydrogen) atoms. The fourth-order valence-electron chi connectivity index (χ4n) is 2.30. The van der Waals surface area contributed by atoms with Crippen molar-refractivity contribution in [3.8, 4) is 0 Å². The first-order chi connectivity index (χ1) is 8.91. The average molecular weight is 275 g/mol. The van der Waals surface area contributed by atoms with Gasteiger partial charge in [0.05, 0.1) is 11.7 Å². The van der Waals surface area contributed by atoms with Crippen LogP contribution in [0.5, 0.6) is 0 Å². The van der Waals surface area contributed by atoms with Gasteiger partial charge < -0.3 is 15.6 Å². The molecule has 1 aliphatic rings. The van der Waals surface area contributed by atoms with E-state index in [4.69, 9.17) is 10.5 Å². The SMILES string of the molecule is Nc1c(C(O)C2CCCCO2)cccc1C(F)(F)F. The highest BCUT2D eigenvalue weighted by molar-refractivity contribution is 5.56. The van der Waals surface area contributed by atoms with Gasteiger partial charge in [0.15, 0.2) is 0 Å². The van der Waals surface area contributed by atoms with E-state index in [9.17, 15) is 18.3 Å². The molecule has 106 valence electrons. The van der Waals surface area contributed by atoms with E-state index in [1.54, 1.807) is 0 Å². The van der Waals surface area contributed by atoms with Crippen LogP contribution in [0.25, 0.3) is 0 Å². The van der Waals surface area contributed by atoms with Crippen LogP contribution in [-0.2, 0) is 10.9 Å². The Morgan fingerprint density at radius 3 is 2.63 bits per heavy atom. The van der Waals surface area contributed by atoms with E-state index < -0.39 is 29.6 Å². The molecule has 2 rings (SSSR count). The van der Waals surface area contributed by atoms with Crippen LogP contribution in [0.3, 0.4) is 0 Å². The Bertz CT molecular complexity index is 442. The molecular formula is C13H16F3NO2. The van der Waals surface area contributed by atoms with Crippen molar-refractivity contribution in [2.75, 3.05) is 12.3 Å². The molecule has 0 aromatic heterocycles. The summed E-state index contributed by atoms with van der Waals surface area (Å²) in [7, 11) is 0. The Labute approximate surface area is 109 Å². The number of aliphatic hydroxyl groups is 1. The third-order valence-electron chi connectivity index (χ3n) is 3.33. The monoisotopic (exact) mass is 275 g/mol. The largest absolute Gasteiger partial charge is 0.418 e. The van der Waals surface area contributed by atoms with Gasteiger partial charge in [-0.3, -0.25) is 0 Å². The number of halogens is 3. The van der Waals surface area contributed by atoms with Crippen molar-refractivity contribution >= 4 is 5.69 Å². The number of hydrogen-bond acceptors (Lipinski definition) is 3. The van der Waals surface area contributed by atoms with Gasteiger partial charge in [-0.05, 0) is 25.3 Å². The minimum atomic E-state index is -4.52. The summed E-state index contributed by atoms with van der Waals surface area (Å²) in [5.41, 5.74) is 4.29. The quantitative estimate of drug-likeness (QED) is 0.816. The standard InChI is InChI=1S/C13H16F3NO2/c14-13(15,16)9-5-3-4-8(11(9)17)12(18)10-6-1-2-7-19-10/h3-5,10,12,18H,1-2,6-7,17H2. The Hall–Kier alpha value is -1.27. The molecular weight excluding hydrogens is 259 g/mol. The van der Waals surface area contributed by atoms with E-state index in [0.29, 0.717) is 13.0 Å². The number of benzene rings is 1. The van der Waals surface area contributed by atoms with Crippen LogP contribution in [-0.4, -0.2) is 17.8 Å². The highest BCUT2D eigenvalue weighted by Crippen LogP contribution is 2.38. The first-order valence-electron chi connectivity index (χ1n) is 6.16. The molecule has 1 aliphatic heterocycles. The molecule has 1 fully saturated rings. The third-order valence-corrected chi connectivity index (χ3v) is 3.33. The zero-order valence-corrected chi connectivity index (χ0v) is 10.3. The van der Waals surface area contributed by atoms with Gasteiger partial charge in [-0.25, -0.2) is 0 Å². The van der Waals surface area contributed by atoms with E-state index >= 15 is 0 Å². The maximum atomic E-state index is 12.7. The smallest absolute Gasteiger partial charge is 0.398 e. The summed E-state index contributed by atoms with van der Waals surface area (Å²) in [4.78, 5) is 0. The zero-order valence-electron chi connectivity index (χ0n) is 10.3. The van der Waals surface area contributed by atoms with E-state index in [0.717, 1.165) is 18.9 Å². The number of alkyl halides is 3. The average Bonchev–Trinajstić information content (AvgIpc) is 2.38. The van der Waals surface area contributed by atoms with Crippen LogP contribution >= 0.6 is 0 Å². The van der Waals surface area contributed by atoms with E-state index in [2.05, 4.69) is 0 Å². The van der Waals surface area contributed by atoms with E-state index in [1.807, 2.05) is 0 Å². The van der Waals surface area contributed by atoms with E-state index in [1.165, 1.54) is 12.1 Å². The molecule has 3 nitrogen and oxygen atoms in total. The summed E-state index contributed by atoms with van der Waals surface area (Å²) in [5, 5.41) is 10.1. The van der Waals surface area contributed by atoms with Crippen molar-refractivity contribution in [1.29, 1.82) is 0 Å². The summed E-state index contributed by atoms with van der Waals surface area (Å²) in [6, 6.07) is 3.57. The maximum absolute atomic E-state index is 12.7. The number of aliphatic hydroxyl groups excluding tert-OH is 1. The number of rotatable bonds is 2. The molecule has 1 saturated heterocycles. The molecule has 6 heteroatoms. The number of hydrogen-bond donors (Lipinski definition) is 2. The minimum absolute atomic E-state index is 0.0849. The van der Waals surface area contributed by atoms with Crippen LogP contribution in [0.15, 0.2) is 18.2 Å². The molecule has 0 spiro atoms. The number of ether oxygens (including phenoxy) is 1. The van der Waals surface area contributed by atoms with Crippen molar-refractivity contribution in [3.63, 3.8) is 0 Å². The van der Waals surface area contributed by atoms with Gasteiger partial charge in [0.1, 0.15) is 6.10 Å². The molecule has 0 bridgehead atoms. The lowest BCUT2D eigenvalue weighted by atomic mass is 9.95. The predicted molar refractivity (Wildman–Crippen MR) is 64.4 cm³/mol. The summed E-state index contributed by atoms with van der Waals surface area (Å²) in [5.74, 6) is 0. The van der Waals surface area contributed by atoms with Crippen molar-refractivity contribution in [2.24, 2.45) is 0 Å². The van der Waals surface area contributed by atoms with Crippen LogP contribution in [0.4, 0.5) is 18.9 Å². The first kappa shape index (κ1) is 14.1. The second-order valence-corrected chi connectivity index (χ2v) is 4.66. The summed E-state index contributed by atoms with van der Waals surface area (Å²) in [6.45, 7) is 0.514. The number of nitrogen functional groups attached to an aromatic ring is 1. The van der Waals surface area contributed by atoms with Crippen LogP contribution < -0.4 is 5.73 Å². The summed E-state index contributed by atoms with van der Waals surface area (Å²) < 4.78 is 43.6. The normalized spacial score (nSPS) is 22.2. The predicted octanol–water partition coefficient (Wildman–Crippen LogP) is 2.89. The maximum Gasteiger partial charge on any atom is 0.418 e. The lowest BCUT2D eigenvalue weighted by Gasteiger charge is -2.28. The van der Waals surface area contributed by atoms with E-state index in [-0.39, 0.29) is 5.56 Å². The number of para-hydroxylation sites is 1. The molecule has 0 radical (unpaired) electrons. The second kappa shape index (κ2) is 5.38. The first-order valence-corrected chi connectivity index (χ1v) is 6.16. The molecule has 0 saturated carbocycles. The zero-order chi connectivity index (χ0) is 14.0. The van der Waals surface area contributed by atoms with Crippen molar-refractivity contribution < 1.29 is 23.0 Å². The van der Waals surface area contributed by atoms with Crippen LogP contribution in [0, 0.1) is 0 Å². The third kappa shape index (κ3) is 3.01. The van der Waals surface area contributed by atoms with Gasteiger partial charge in [-0.15, -0.1) is 0 Å². The summed E-state index contributed by atoms with van der Waals surface area (Å²) in [6.07, 6.45) is -3.71. The molecule has 1 heterocycles. The highest BCUT2D eigenvalue weighted by atomic mass is 19.4. The van der Waals surface area contributed by atoms with Gasteiger partial charge in [0.2, 0.25) is 0 Å². The molecule has 0 amide bonds. The number of anilines is 1. The lowest BCUT2D eigenvalue weighted by Crippen LogP contribution is -2.27. The topological polar surface area (TPSA) is 55.5 Å². The fourth-order valence-corrected chi connectivity index (χ4v) is 2.30. The highest BCUT2D eigenvalue weighted by Gasteiger charge is 2.35. The fraction of sp³-hybridized carbons (Fsp3) is 0.538. The second-order valence-electron chi connectivity index (χ2n) is 4.66. The molecule has 0 aliphatic carbocycles. The number of nitrogens with two attached hydrogens (primary N) is 1. The van der Waals surface area contributed by atoms with Gasteiger partial charge in [-0.1, -0.05) is 12.1 Å². The molecule has 2 atom stereocenters. The van der Waals surface area contributed by atoms with Gasteiger partial charge in [0.25, 0.3) is 0 Å². The Kier molecular flexibility index (Phi) is 4.01. The lowest BCUT2D eigenvalue weighted by molar-refractivity contribution is -0.137. The molecule has 2 unspecified atom stereocenters. The van der Waals surface area contributed by atoms with Gasteiger partial charge in [0, 0.05) is 17.9 Å². The van der Waals surface area contributed by atoms with Crippen LogP contribution in [0.1, 0.15) is 36.5 Å². The van der Waals surface area contributed by atoms with Gasteiger partial charge >= 0.3 is 6.18 Å². The molecule has 1 aromatic rings. The Morgan fingerprint density at radius 2 is 2.05 bits per heavy atom. The van der Waals surface area contributed by atoms with Crippen molar-refractivity contribution in [1.82, 2.24) is 0 Å². The minimum Gasteiger partial charge on any atom is -0.398 e. The Balaban J connectivity index is 2.29. The molecule has 3 N–H and O–H groups in total. The molecule has 1 aromatic carbocycles. The summed E-state index contributed by atoms with van der Waals surface area (Å²) >= 11 is 0. The Morgan fingerprint density at radius 1 is 1.32 bits per heavy atom. The van der Waals surface area contributed by atoms with Crippen molar-refractivity contribution in [2.45, 2.75) is 37.6 Å². The van der Waals surface area contributed by atoms with Gasteiger partial charge in [-0.2, -0.15) is 13.2 Å². The van der Waals surface area contributed by atoms with Crippen molar-refractivity contribution in [3.05, 3.63) is 29.3 Å². The van der Waals surface area contributed by atoms with Crippen LogP contribution in [0.2, 0.25) is 0 Å².